The van der Waals surface area contributed by atoms with Crippen molar-refractivity contribution in [2.45, 2.75) is 45.6 Å². The van der Waals surface area contributed by atoms with Crippen molar-refractivity contribution in [2.24, 2.45) is 11.8 Å². The van der Waals surface area contributed by atoms with E-state index in [-0.39, 0.29) is 18.4 Å². The summed E-state index contributed by atoms with van der Waals surface area (Å²) >= 11 is 0. The van der Waals surface area contributed by atoms with E-state index in [4.69, 9.17) is 0 Å². The van der Waals surface area contributed by atoms with E-state index in [1.54, 1.807) is 6.92 Å². The summed E-state index contributed by atoms with van der Waals surface area (Å²) in [5.74, 6) is 0.295. The van der Waals surface area contributed by atoms with Crippen LogP contribution < -0.4 is 10.6 Å². The molecule has 1 saturated carbocycles. The number of nitrogens with one attached hydrogen (secondary N) is 2. The van der Waals surface area contributed by atoms with Crippen LogP contribution in [0.25, 0.3) is 0 Å². The molecule has 5 heteroatoms. The molecule has 3 atom stereocenters. The first kappa shape index (κ1) is 15.0. The fourth-order valence-corrected chi connectivity index (χ4v) is 2.55. The van der Waals surface area contributed by atoms with Gasteiger partial charge in [-0.05, 0) is 31.6 Å². The highest BCUT2D eigenvalue weighted by atomic mass is 16.3. The predicted octanol–water partition coefficient (Wildman–Crippen LogP) is 0.426. The quantitative estimate of drug-likeness (QED) is 0.667. The third kappa shape index (κ3) is 4.64. The van der Waals surface area contributed by atoms with Gasteiger partial charge in [-0.2, -0.15) is 0 Å². The Hall–Kier alpha value is -1.10. The number of aliphatic hydroxyl groups is 1. The molecule has 18 heavy (non-hydrogen) atoms. The van der Waals surface area contributed by atoms with Crippen LogP contribution in [0.5, 0.6) is 0 Å². The Morgan fingerprint density at radius 2 is 1.89 bits per heavy atom. The molecule has 3 unspecified atom stereocenters. The summed E-state index contributed by atoms with van der Waals surface area (Å²) in [4.78, 5) is 22.6. The lowest BCUT2D eigenvalue weighted by molar-refractivity contribution is -0.127. The van der Waals surface area contributed by atoms with E-state index >= 15 is 0 Å². The van der Waals surface area contributed by atoms with Gasteiger partial charge in [-0.15, -0.1) is 0 Å². The van der Waals surface area contributed by atoms with Crippen molar-refractivity contribution in [3.8, 4) is 0 Å². The maximum atomic E-state index is 11.7. The van der Waals surface area contributed by atoms with Crippen molar-refractivity contribution in [1.29, 1.82) is 0 Å². The van der Waals surface area contributed by atoms with Crippen LogP contribution in [0.1, 0.15) is 39.5 Å². The first-order valence-electron chi connectivity index (χ1n) is 6.70. The van der Waals surface area contributed by atoms with Gasteiger partial charge in [-0.25, -0.2) is 0 Å². The molecule has 0 saturated heterocycles. The lowest BCUT2D eigenvalue weighted by atomic mass is 9.79. The van der Waals surface area contributed by atoms with Crippen LogP contribution in [0.2, 0.25) is 0 Å². The molecule has 1 aliphatic rings. The molecule has 5 nitrogen and oxygen atoms in total. The molecule has 0 heterocycles. The highest BCUT2D eigenvalue weighted by molar-refractivity contribution is 5.86. The van der Waals surface area contributed by atoms with Crippen LogP contribution in [-0.4, -0.2) is 36.1 Å². The number of amides is 2. The zero-order chi connectivity index (χ0) is 13.5. The first-order chi connectivity index (χ1) is 8.54. The third-order valence-electron chi connectivity index (χ3n) is 3.65. The van der Waals surface area contributed by atoms with Gasteiger partial charge in [-0.3, -0.25) is 9.59 Å². The minimum absolute atomic E-state index is 0.160. The van der Waals surface area contributed by atoms with Gasteiger partial charge >= 0.3 is 0 Å². The molecule has 1 fully saturated rings. The molecule has 104 valence electrons. The second-order valence-corrected chi connectivity index (χ2v) is 5.15. The van der Waals surface area contributed by atoms with Gasteiger partial charge in [0.2, 0.25) is 11.8 Å². The lowest BCUT2D eigenvalue weighted by Crippen LogP contribution is -2.46. The van der Waals surface area contributed by atoms with Crippen LogP contribution in [0.15, 0.2) is 0 Å². The smallest absolute Gasteiger partial charge is 0.242 e. The van der Waals surface area contributed by atoms with Gasteiger partial charge in [-0.1, -0.05) is 12.8 Å². The van der Waals surface area contributed by atoms with E-state index in [0.717, 1.165) is 25.7 Å². The predicted molar refractivity (Wildman–Crippen MR) is 68.8 cm³/mol. The summed E-state index contributed by atoms with van der Waals surface area (Å²) in [5.41, 5.74) is 0. The van der Waals surface area contributed by atoms with Gasteiger partial charge in [0.25, 0.3) is 0 Å². The van der Waals surface area contributed by atoms with Crippen LogP contribution >= 0.6 is 0 Å². The molecule has 0 aromatic heterocycles. The molecule has 3 N–H and O–H groups in total. The van der Waals surface area contributed by atoms with Crippen molar-refractivity contribution >= 4 is 11.8 Å². The van der Waals surface area contributed by atoms with Crippen LogP contribution in [-0.2, 0) is 9.59 Å². The molecule has 0 radical (unpaired) electrons. The normalized spacial score (nSPS) is 25.3. The maximum absolute atomic E-state index is 11.7. The molecule has 2 amide bonds. The van der Waals surface area contributed by atoms with Crippen molar-refractivity contribution in [2.75, 3.05) is 13.2 Å². The second-order valence-electron chi connectivity index (χ2n) is 5.15. The van der Waals surface area contributed by atoms with Crippen LogP contribution in [0, 0.1) is 11.8 Å². The molecule has 0 bridgehead atoms. The molecule has 1 rings (SSSR count). The fourth-order valence-electron chi connectivity index (χ4n) is 2.55. The lowest BCUT2D eigenvalue weighted by Gasteiger charge is -2.30. The summed E-state index contributed by atoms with van der Waals surface area (Å²) in [6.07, 6.45) is 4.43. The minimum atomic E-state index is -0.501. The topological polar surface area (TPSA) is 78.4 Å². The largest absolute Gasteiger partial charge is 0.396 e. The van der Waals surface area contributed by atoms with E-state index in [9.17, 15) is 14.7 Å². The van der Waals surface area contributed by atoms with Crippen molar-refractivity contribution in [3.63, 3.8) is 0 Å². The first-order valence-corrected chi connectivity index (χ1v) is 6.70. The summed E-state index contributed by atoms with van der Waals surface area (Å²) in [6.45, 7) is 3.85. The average molecular weight is 256 g/mol. The second kappa shape index (κ2) is 7.36. The van der Waals surface area contributed by atoms with Crippen LogP contribution in [0.4, 0.5) is 0 Å². The van der Waals surface area contributed by atoms with Gasteiger partial charge < -0.3 is 15.7 Å². The van der Waals surface area contributed by atoms with E-state index in [0.29, 0.717) is 18.4 Å². The number of rotatable bonds is 5. The highest BCUT2D eigenvalue weighted by Crippen LogP contribution is 2.28. The average Bonchev–Trinajstić information content (AvgIpc) is 2.35. The molecule has 1 aliphatic carbocycles. The van der Waals surface area contributed by atoms with Gasteiger partial charge in [0.15, 0.2) is 0 Å². The Balaban J connectivity index is 2.34. The van der Waals surface area contributed by atoms with E-state index in [1.165, 1.54) is 6.92 Å². The SMILES string of the molecule is CC(=O)NC(C)C(=O)NCC1CCCCC1CO. The molecule has 0 aliphatic heterocycles. The summed E-state index contributed by atoms with van der Waals surface area (Å²) in [6, 6.07) is -0.501. The molecule has 0 aromatic carbocycles. The number of carbonyl (C=O) groups excluding carboxylic acids is 2. The molecule has 0 spiro atoms. The number of carbonyl (C=O) groups is 2. The minimum Gasteiger partial charge on any atom is -0.396 e. The van der Waals surface area contributed by atoms with Crippen molar-refractivity contribution < 1.29 is 14.7 Å². The van der Waals surface area contributed by atoms with E-state index < -0.39 is 6.04 Å². The van der Waals surface area contributed by atoms with Crippen LogP contribution in [0.3, 0.4) is 0 Å². The number of hydrogen-bond acceptors (Lipinski definition) is 3. The van der Waals surface area contributed by atoms with E-state index in [2.05, 4.69) is 10.6 Å². The summed E-state index contributed by atoms with van der Waals surface area (Å²) in [7, 11) is 0. The van der Waals surface area contributed by atoms with Gasteiger partial charge in [0, 0.05) is 20.1 Å². The third-order valence-corrected chi connectivity index (χ3v) is 3.65. The fraction of sp³-hybridized carbons (Fsp3) is 0.846. The molecular formula is C13H24N2O3. The van der Waals surface area contributed by atoms with Gasteiger partial charge in [0.1, 0.15) is 6.04 Å². The number of aliphatic hydroxyl groups excluding tert-OH is 1. The Bertz CT molecular complexity index is 294. The Morgan fingerprint density at radius 1 is 1.28 bits per heavy atom. The van der Waals surface area contributed by atoms with E-state index in [1.807, 2.05) is 0 Å². The van der Waals surface area contributed by atoms with Crippen molar-refractivity contribution in [1.82, 2.24) is 10.6 Å². The van der Waals surface area contributed by atoms with Crippen molar-refractivity contribution in [3.05, 3.63) is 0 Å². The monoisotopic (exact) mass is 256 g/mol. The standard InChI is InChI=1S/C13H24N2O3/c1-9(15-10(2)17)13(18)14-7-11-5-3-4-6-12(11)8-16/h9,11-12,16H,3-8H2,1-2H3,(H,14,18)(H,15,17). The zero-order valence-corrected chi connectivity index (χ0v) is 11.2. The Labute approximate surface area is 108 Å². The highest BCUT2D eigenvalue weighted by Gasteiger charge is 2.25. The zero-order valence-electron chi connectivity index (χ0n) is 11.2. The Morgan fingerprint density at radius 3 is 2.44 bits per heavy atom. The summed E-state index contributed by atoms with van der Waals surface area (Å²) < 4.78 is 0. The number of hydrogen-bond donors (Lipinski definition) is 3. The Kier molecular flexibility index (Phi) is 6.12. The molecular weight excluding hydrogens is 232 g/mol. The van der Waals surface area contributed by atoms with Gasteiger partial charge in [0.05, 0.1) is 0 Å². The maximum Gasteiger partial charge on any atom is 0.242 e. The molecule has 0 aromatic rings. The summed E-state index contributed by atoms with van der Waals surface area (Å²) in [5, 5.41) is 14.7.